The lowest BCUT2D eigenvalue weighted by Gasteiger charge is -2.06. The van der Waals surface area contributed by atoms with Gasteiger partial charge in [0.15, 0.2) is 5.82 Å². The number of thiophene rings is 1. The third-order valence-electron chi connectivity index (χ3n) is 3.05. The van der Waals surface area contributed by atoms with Crippen LogP contribution < -0.4 is 0 Å². The third-order valence-corrected chi connectivity index (χ3v) is 4.57. The summed E-state index contributed by atoms with van der Waals surface area (Å²) in [5.74, 6) is -0.0268. The highest BCUT2D eigenvalue weighted by Gasteiger charge is 2.20. The molecule has 110 valence electrons. The Morgan fingerprint density at radius 1 is 1.41 bits per heavy atom. The largest absolute Gasteiger partial charge is 0.320 e. The van der Waals surface area contributed by atoms with Gasteiger partial charge >= 0.3 is 6.55 Å². The lowest BCUT2D eigenvalue weighted by atomic mass is 10.2. The van der Waals surface area contributed by atoms with E-state index in [1.54, 1.807) is 30.3 Å². The first-order valence-corrected chi connectivity index (χ1v) is 7.88. The molecule has 22 heavy (non-hydrogen) atoms. The Balaban J connectivity index is 2.21. The second-order valence-electron chi connectivity index (χ2n) is 4.43. The van der Waals surface area contributed by atoms with E-state index in [0.717, 1.165) is 13.9 Å². The molecule has 0 fully saturated rings. The van der Waals surface area contributed by atoms with E-state index in [1.165, 1.54) is 11.3 Å². The van der Waals surface area contributed by atoms with Crippen LogP contribution in [0.25, 0.3) is 22.7 Å². The maximum Gasteiger partial charge on any atom is 0.320 e. The van der Waals surface area contributed by atoms with Gasteiger partial charge < -0.3 is 0 Å². The van der Waals surface area contributed by atoms with Crippen LogP contribution >= 0.6 is 27.3 Å². The molecule has 0 atom stereocenters. The van der Waals surface area contributed by atoms with Gasteiger partial charge in [-0.1, -0.05) is 12.1 Å². The first-order valence-electron chi connectivity index (χ1n) is 6.21. The molecule has 7 heteroatoms. The molecular formula is C15H8BrF2N3S. The molecule has 0 N–H and O–H groups in total. The Morgan fingerprint density at radius 2 is 2.18 bits per heavy atom. The number of halogens is 3. The Bertz CT molecular complexity index is 905. The topological polar surface area (TPSA) is 41.6 Å². The van der Waals surface area contributed by atoms with Crippen LogP contribution in [0.4, 0.5) is 8.78 Å². The number of imidazole rings is 1. The number of allylic oxidation sites excluding steroid dienone is 1. The Kier molecular flexibility index (Phi) is 4.05. The van der Waals surface area contributed by atoms with E-state index in [1.807, 2.05) is 17.5 Å². The fourth-order valence-electron chi connectivity index (χ4n) is 2.14. The number of nitriles is 1. The van der Waals surface area contributed by atoms with Gasteiger partial charge in [0.05, 0.1) is 20.4 Å². The molecule has 3 rings (SSSR count). The van der Waals surface area contributed by atoms with E-state index in [0.29, 0.717) is 11.0 Å². The first kappa shape index (κ1) is 14.9. The van der Waals surface area contributed by atoms with Gasteiger partial charge in [0.2, 0.25) is 0 Å². The molecular weight excluding hydrogens is 372 g/mol. The fourth-order valence-corrected chi connectivity index (χ4v) is 3.28. The average Bonchev–Trinajstić information content (AvgIpc) is 3.07. The molecule has 3 nitrogen and oxygen atoms in total. The van der Waals surface area contributed by atoms with Crippen molar-refractivity contribution in [2.75, 3.05) is 0 Å². The second-order valence-corrected chi connectivity index (χ2v) is 6.72. The van der Waals surface area contributed by atoms with Gasteiger partial charge in [-0.25, -0.2) is 4.98 Å². The first-order chi connectivity index (χ1) is 10.6. The summed E-state index contributed by atoms with van der Waals surface area (Å²) in [5.41, 5.74) is 1.61. The minimum absolute atomic E-state index is 0.0268. The number of fused-ring (bicyclic) bond motifs is 1. The molecule has 2 heterocycles. The van der Waals surface area contributed by atoms with Gasteiger partial charge in [-0.2, -0.15) is 14.0 Å². The highest BCUT2D eigenvalue weighted by atomic mass is 79.9. The van der Waals surface area contributed by atoms with Crippen molar-refractivity contribution < 1.29 is 8.78 Å². The number of para-hydroxylation sites is 2. The van der Waals surface area contributed by atoms with Crippen LogP contribution in [0.3, 0.4) is 0 Å². The van der Waals surface area contributed by atoms with Crippen LogP contribution in [0.1, 0.15) is 17.9 Å². The third kappa shape index (κ3) is 2.67. The summed E-state index contributed by atoms with van der Waals surface area (Å²) in [4.78, 5) is 4.19. The van der Waals surface area contributed by atoms with Crippen molar-refractivity contribution in [3.05, 3.63) is 50.9 Å². The Morgan fingerprint density at radius 3 is 2.82 bits per heavy atom. The molecule has 0 radical (unpaired) electrons. The van der Waals surface area contributed by atoms with E-state index in [-0.39, 0.29) is 11.4 Å². The minimum Gasteiger partial charge on any atom is -0.266 e. The van der Waals surface area contributed by atoms with E-state index in [2.05, 4.69) is 20.9 Å². The zero-order valence-electron chi connectivity index (χ0n) is 11.0. The summed E-state index contributed by atoms with van der Waals surface area (Å²) < 4.78 is 28.5. The van der Waals surface area contributed by atoms with Crippen molar-refractivity contribution in [3.63, 3.8) is 0 Å². The maximum absolute atomic E-state index is 13.4. The van der Waals surface area contributed by atoms with Gasteiger partial charge in [-0.15, -0.1) is 11.3 Å². The lowest BCUT2D eigenvalue weighted by molar-refractivity contribution is 0.0738. The van der Waals surface area contributed by atoms with E-state index in [9.17, 15) is 14.0 Å². The maximum atomic E-state index is 13.4. The molecule has 0 aliphatic heterocycles. The summed E-state index contributed by atoms with van der Waals surface area (Å²) in [6, 6.07) is 10.4. The van der Waals surface area contributed by atoms with Crippen LogP contribution in [0.2, 0.25) is 0 Å². The van der Waals surface area contributed by atoms with E-state index in [4.69, 9.17) is 0 Å². The van der Waals surface area contributed by atoms with Crippen molar-refractivity contribution in [1.29, 1.82) is 5.26 Å². The molecule has 0 amide bonds. The van der Waals surface area contributed by atoms with E-state index >= 15 is 0 Å². The molecule has 0 aliphatic rings. The fraction of sp³-hybridized carbons (Fsp3) is 0.0667. The number of alkyl halides is 2. The van der Waals surface area contributed by atoms with Crippen molar-refractivity contribution in [1.82, 2.24) is 9.55 Å². The molecule has 0 saturated carbocycles. The van der Waals surface area contributed by atoms with Crippen LogP contribution in [-0.4, -0.2) is 9.55 Å². The molecule has 0 spiro atoms. The normalized spacial score (nSPS) is 12.0. The molecule has 0 unspecified atom stereocenters. The lowest BCUT2D eigenvalue weighted by Crippen LogP contribution is -2.03. The van der Waals surface area contributed by atoms with Crippen LogP contribution in [0, 0.1) is 11.3 Å². The zero-order chi connectivity index (χ0) is 15.7. The summed E-state index contributed by atoms with van der Waals surface area (Å²) in [6.45, 7) is -2.77. The van der Waals surface area contributed by atoms with Crippen molar-refractivity contribution in [2.45, 2.75) is 6.55 Å². The SMILES string of the molecule is N#C/C(=C\c1csc(Br)c1)c1nc2ccccc2n1C(F)F. The zero-order valence-corrected chi connectivity index (χ0v) is 13.4. The highest BCUT2D eigenvalue weighted by molar-refractivity contribution is 9.11. The van der Waals surface area contributed by atoms with Gasteiger partial charge in [0.1, 0.15) is 6.07 Å². The number of aromatic nitrogens is 2. The van der Waals surface area contributed by atoms with Gasteiger partial charge in [0, 0.05) is 0 Å². The predicted molar refractivity (Wildman–Crippen MR) is 86.5 cm³/mol. The summed E-state index contributed by atoms with van der Waals surface area (Å²) >= 11 is 4.79. The van der Waals surface area contributed by atoms with E-state index < -0.39 is 6.55 Å². The predicted octanol–water partition coefficient (Wildman–Crippen LogP) is 5.32. The van der Waals surface area contributed by atoms with Crippen LogP contribution in [0.15, 0.2) is 39.5 Å². The molecule has 0 aliphatic carbocycles. The molecule has 3 aromatic rings. The monoisotopic (exact) mass is 379 g/mol. The Labute approximate surface area is 137 Å². The second kappa shape index (κ2) is 5.99. The van der Waals surface area contributed by atoms with Crippen LogP contribution in [-0.2, 0) is 0 Å². The number of nitrogens with zero attached hydrogens (tertiary/aromatic N) is 3. The van der Waals surface area contributed by atoms with Gasteiger partial charge in [-0.3, -0.25) is 4.57 Å². The molecule has 0 bridgehead atoms. The summed E-state index contributed by atoms with van der Waals surface area (Å²) in [5, 5.41) is 11.2. The number of rotatable bonds is 3. The molecule has 1 aromatic carbocycles. The summed E-state index contributed by atoms with van der Waals surface area (Å²) in [6.07, 6.45) is 1.56. The van der Waals surface area contributed by atoms with Crippen molar-refractivity contribution in [3.8, 4) is 6.07 Å². The highest BCUT2D eigenvalue weighted by Crippen LogP contribution is 2.29. The Hall–Kier alpha value is -2.04. The van der Waals surface area contributed by atoms with Gasteiger partial charge in [-0.05, 0) is 51.1 Å². The standard InChI is InChI=1S/C15H8BrF2N3S/c16-13-6-9(8-22-13)5-10(7-19)14-20-11-3-1-2-4-12(11)21(14)15(17)18/h1-6,8,15H/b10-5+. The number of benzene rings is 1. The number of hydrogen-bond donors (Lipinski definition) is 0. The molecule has 0 saturated heterocycles. The van der Waals surface area contributed by atoms with Crippen molar-refractivity contribution >= 4 is 49.9 Å². The van der Waals surface area contributed by atoms with Crippen molar-refractivity contribution in [2.24, 2.45) is 0 Å². The van der Waals surface area contributed by atoms with Crippen LogP contribution in [0.5, 0.6) is 0 Å². The summed E-state index contributed by atoms with van der Waals surface area (Å²) in [7, 11) is 0. The smallest absolute Gasteiger partial charge is 0.266 e. The average molecular weight is 380 g/mol. The van der Waals surface area contributed by atoms with Gasteiger partial charge in [0.25, 0.3) is 0 Å². The number of hydrogen-bond acceptors (Lipinski definition) is 3. The molecule has 2 aromatic heterocycles. The minimum atomic E-state index is -2.77. The quantitative estimate of drug-likeness (QED) is 0.577.